The minimum atomic E-state index is 0.332. The van der Waals surface area contributed by atoms with E-state index in [1.165, 1.54) is 0 Å². The first-order valence-corrected chi connectivity index (χ1v) is 5.66. The van der Waals surface area contributed by atoms with Crippen molar-refractivity contribution in [1.82, 2.24) is 0 Å². The van der Waals surface area contributed by atoms with E-state index in [1.54, 1.807) is 0 Å². The number of carbonyl (C=O) groups excluding carboxylic acids is 1. The van der Waals surface area contributed by atoms with Crippen LogP contribution < -0.4 is 0 Å². The zero-order valence-electron chi connectivity index (χ0n) is 7.64. The molecule has 1 heterocycles. The highest BCUT2D eigenvalue weighted by Gasteiger charge is 2.22. The predicted octanol–water partition coefficient (Wildman–Crippen LogP) is 2.66. The average Bonchev–Trinajstić information content (AvgIpc) is 2.56. The lowest BCUT2D eigenvalue weighted by molar-refractivity contribution is -0.121. The fourth-order valence-electron chi connectivity index (χ4n) is 1.30. The second-order valence-electron chi connectivity index (χ2n) is 3.31. The molecule has 1 saturated heterocycles. The van der Waals surface area contributed by atoms with Crippen LogP contribution >= 0.6 is 11.8 Å². The third-order valence-electron chi connectivity index (χ3n) is 2.31. The van der Waals surface area contributed by atoms with Crippen molar-refractivity contribution in [3.63, 3.8) is 0 Å². The molecule has 1 atom stereocenters. The molecule has 1 unspecified atom stereocenters. The number of hydrogen-bond acceptors (Lipinski definition) is 2. The standard InChI is InChI=1S/C10H16OS/c1-3-8(2)6-10(11)9-4-5-12-7-9/h9H,2-7H2,1H3. The molecule has 0 radical (unpaired) electrons. The summed E-state index contributed by atoms with van der Waals surface area (Å²) >= 11 is 1.89. The topological polar surface area (TPSA) is 17.1 Å². The van der Waals surface area contributed by atoms with Crippen LogP contribution in [0.2, 0.25) is 0 Å². The number of allylic oxidation sites excluding steroid dienone is 1. The van der Waals surface area contributed by atoms with Crippen LogP contribution in [-0.4, -0.2) is 17.3 Å². The van der Waals surface area contributed by atoms with Gasteiger partial charge in [0.25, 0.3) is 0 Å². The summed E-state index contributed by atoms with van der Waals surface area (Å²) in [5.74, 6) is 2.94. The summed E-state index contributed by atoms with van der Waals surface area (Å²) in [4.78, 5) is 11.5. The summed E-state index contributed by atoms with van der Waals surface area (Å²) in [6, 6.07) is 0. The molecule has 1 nitrogen and oxygen atoms in total. The SMILES string of the molecule is C=C(CC)CC(=O)C1CCSC1. The van der Waals surface area contributed by atoms with Gasteiger partial charge in [-0.05, 0) is 18.6 Å². The fraction of sp³-hybridized carbons (Fsp3) is 0.700. The summed E-state index contributed by atoms with van der Waals surface area (Å²) in [6.45, 7) is 5.91. The van der Waals surface area contributed by atoms with Crippen LogP contribution in [0.15, 0.2) is 12.2 Å². The monoisotopic (exact) mass is 184 g/mol. The maximum Gasteiger partial charge on any atom is 0.140 e. The Morgan fingerprint density at radius 2 is 2.42 bits per heavy atom. The molecule has 1 rings (SSSR count). The van der Waals surface area contributed by atoms with Gasteiger partial charge in [-0.3, -0.25) is 4.79 Å². The Balaban J connectivity index is 2.32. The summed E-state index contributed by atoms with van der Waals surface area (Å²) in [7, 11) is 0. The molecule has 0 aromatic heterocycles. The summed E-state index contributed by atoms with van der Waals surface area (Å²) in [5, 5.41) is 0. The van der Waals surface area contributed by atoms with Gasteiger partial charge >= 0.3 is 0 Å². The number of Topliss-reactive ketones (excluding diaryl/α,β-unsaturated/α-hetero) is 1. The summed E-state index contributed by atoms with van der Waals surface area (Å²) < 4.78 is 0. The highest BCUT2D eigenvalue weighted by atomic mass is 32.2. The van der Waals surface area contributed by atoms with Crippen LogP contribution in [0, 0.1) is 5.92 Å². The molecule has 0 aliphatic carbocycles. The molecule has 0 spiro atoms. The largest absolute Gasteiger partial charge is 0.299 e. The average molecular weight is 184 g/mol. The molecule has 68 valence electrons. The minimum absolute atomic E-state index is 0.332. The van der Waals surface area contributed by atoms with E-state index in [0.717, 1.165) is 29.9 Å². The van der Waals surface area contributed by atoms with E-state index in [-0.39, 0.29) is 0 Å². The van der Waals surface area contributed by atoms with Gasteiger partial charge in [-0.1, -0.05) is 19.1 Å². The van der Waals surface area contributed by atoms with E-state index in [1.807, 2.05) is 11.8 Å². The third kappa shape index (κ3) is 2.67. The van der Waals surface area contributed by atoms with Crippen molar-refractivity contribution in [2.24, 2.45) is 5.92 Å². The van der Waals surface area contributed by atoms with E-state index in [4.69, 9.17) is 0 Å². The molecular formula is C10H16OS. The van der Waals surface area contributed by atoms with Crippen LogP contribution in [0.4, 0.5) is 0 Å². The number of ketones is 1. The van der Waals surface area contributed by atoms with Crippen molar-refractivity contribution in [2.45, 2.75) is 26.2 Å². The molecule has 2 heteroatoms. The molecule has 1 aliphatic heterocycles. The number of thioether (sulfide) groups is 1. The van der Waals surface area contributed by atoms with Gasteiger partial charge in [-0.15, -0.1) is 0 Å². The van der Waals surface area contributed by atoms with Crippen molar-refractivity contribution in [3.8, 4) is 0 Å². The lowest BCUT2D eigenvalue weighted by atomic mass is 9.97. The predicted molar refractivity (Wildman–Crippen MR) is 54.5 cm³/mol. The lowest BCUT2D eigenvalue weighted by Crippen LogP contribution is -2.13. The first-order chi connectivity index (χ1) is 5.74. The highest BCUT2D eigenvalue weighted by molar-refractivity contribution is 7.99. The Kier molecular flexibility index (Phi) is 3.86. The molecule has 1 aliphatic rings. The first-order valence-electron chi connectivity index (χ1n) is 4.51. The quantitative estimate of drug-likeness (QED) is 0.625. The number of hydrogen-bond donors (Lipinski definition) is 0. The van der Waals surface area contributed by atoms with Crippen molar-refractivity contribution in [3.05, 3.63) is 12.2 Å². The van der Waals surface area contributed by atoms with Gasteiger partial charge in [0.2, 0.25) is 0 Å². The lowest BCUT2D eigenvalue weighted by Gasteiger charge is -2.07. The molecule has 0 N–H and O–H groups in total. The molecule has 0 aromatic carbocycles. The first kappa shape index (κ1) is 9.85. The van der Waals surface area contributed by atoms with E-state index in [0.29, 0.717) is 18.1 Å². The third-order valence-corrected chi connectivity index (χ3v) is 3.47. The zero-order chi connectivity index (χ0) is 8.97. The Hall–Kier alpha value is -0.240. The van der Waals surface area contributed by atoms with Gasteiger partial charge in [0.15, 0.2) is 0 Å². The minimum Gasteiger partial charge on any atom is -0.299 e. The van der Waals surface area contributed by atoms with Gasteiger partial charge in [-0.25, -0.2) is 0 Å². The van der Waals surface area contributed by atoms with E-state index in [9.17, 15) is 4.79 Å². The maximum absolute atomic E-state index is 11.5. The Morgan fingerprint density at radius 1 is 1.67 bits per heavy atom. The Morgan fingerprint density at radius 3 is 2.92 bits per heavy atom. The fourth-order valence-corrected chi connectivity index (χ4v) is 2.56. The van der Waals surface area contributed by atoms with Crippen molar-refractivity contribution >= 4 is 17.5 Å². The van der Waals surface area contributed by atoms with Crippen molar-refractivity contribution in [2.75, 3.05) is 11.5 Å². The molecule has 0 amide bonds. The van der Waals surface area contributed by atoms with Crippen molar-refractivity contribution < 1.29 is 4.79 Å². The number of carbonyl (C=O) groups is 1. The van der Waals surface area contributed by atoms with E-state index >= 15 is 0 Å². The number of rotatable bonds is 4. The van der Waals surface area contributed by atoms with Crippen LogP contribution in [0.3, 0.4) is 0 Å². The highest BCUT2D eigenvalue weighted by Crippen LogP contribution is 2.26. The van der Waals surface area contributed by atoms with Gasteiger partial charge in [-0.2, -0.15) is 11.8 Å². The second kappa shape index (κ2) is 4.70. The van der Waals surface area contributed by atoms with E-state index < -0.39 is 0 Å². The summed E-state index contributed by atoms with van der Waals surface area (Å²) in [5.41, 5.74) is 1.08. The van der Waals surface area contributed by atoms with Crippen LogP contribution in [0.1, 0.15) is 26.2 Å². The van der Waals surface area contributed by atoms with Crippen molar-refractivity contribution in [1.29, 1.82) is 0 Å². The molecule has 0 bridgehead atoms. The molecule has 1 fully saturated rings. The Bertz CT molecular complexity index is 180. The maximum atomic E-state index is 11.5. The van der Waals surface area contributed by atoms with Gasteiger partial charge in [0.1, 0.15) is 5.78 Å². The molecular weight excluding hydrogens is 168 g/mol. The van der Waals surface area contributed by atoms with Gasteiger partial charge < -0.3 is 0 Å². The van der Waals surface area contributed by atoms with E-state index in [2.05, 4.69) is 13.5 Å². The Labute approximate surface area is 78.6 Å². The summed E-state index contributed by atoms with van der Waals surface area (Å²) in [6.07, 6.45) is 2.63. The smallest absolute Gasteiger partial charge is 0.140 e. The molecule has 0 saturated carbocycles. The molecule has 12 heavy (non-hydrogen) atoms. The van der Waals surface area contributed by atoms with Crippen LogP contribution in [0.25, 0.3) is 0 Å². The molecule has 0 aromatic rings. The second-order valence-corrected chi connectivity index (χ2v) is 4.46. The normalized spacial score (nSPS) is 22.6. The van der Waals surface area contributed by atoms with Gasteiger partial charge in [0, 0.05) is 18.1 Å². The van der Waals surface area contributed by atoms with Crippen LogP contribution in [0.5, 0.6) is 0 Å². The van der Waals surface area contributed by atoms with Crippen LogP contribution in [-0.2, 0) is 4.79 Å². The van der Waals surface area contributed by atoms with Gasteiger partial charge in [0.05, 0.1) is 0 Å². The zero-order valence-corrected chi connectivity index (χ0v) is 8.45.